The van der Waals surface area contributed by atoms with E-state index in [0.717, 1.165) is 12.8 Å². The van der Waals surface area contributed by atoms with Crippen molar-refractivity contribution in [1.29, 1.82) is 0 Å². The lowest BCUT2D eigenvalue weighted by Crippen LogP contribution is -2.81. The number of unbranched alkanes of at least 4 members (excludes halogenated alkanes) is 1. The van der Waals surface area contributed by atoms with Gasteiger partial charge in [-0.2, -0.15) is 0 Å². The van der Waals surface area contributed by atoms with E-state index in [-0.39, 0.29) is 24.3 Å². The van der Waals surface area contributed by atoms with E-state index in [9.17, 15) is 20.1 Å². The monoisotopic (exact) mass is 659 g/mol. The molecule has 15 atom stereocenters. The van der Waals surface area contributed by atoms with Crippen LogP contribution in [0, 0.1) is 34.5 Å². The zero-order valence-corrected chi connectivity index (χ0v) is 28.5. The minimum atomic E-state index is -1.71. The van der Waals surface area contributed by atoms with Crippen LogP contribution in [0.5, 0.6) is 0 Å². The molecule has 7 bridgehead atoms. The third kappa shape index (κ3) is 4.03. The average molecular weight is 660 g/mol. The molecule has 1 aromatic rings. The second-order valence-corrected chi connectivity index (χ2v) is 15.0. The summed E-state index contributed by atoms with van der Waals surface area (Å²) in [6, 6.07) is 8.61. The third-order valence-electron chi connectivity index (χ3n) is 13.7. The number of ether oxygens (including phenoxy) is 6. The summed E-state index contributed by atoms with van der Waals surface area (Å²) >= 11 is 0. The molecule has 1 aliphatic heterocycles. The summed E-state index contributed by atoms with van der Waals surface area (Å²) in [5.74, 6) is -2.17. The van der Waals surface area contributed by atoms with E-state index in [1.54, 1.807) is 45.6 Å². The Bertz CT molecular complexity index is 1320. The van der Waals surface area contributed by atoms with Gasteiger partial charge >= 0.3 is 5.97 Å². The maximum Gasteiger partial charge on any atom is 0.338 e. The van der Waals surface area contributed by atoms with Gasteiger partial charge in [0.05, 0.1) is 30.5 Å². The van der Waals surface area contributed by atoms with Crippen molar-refractivity contribution in [2.45, 2.75) is 93.4 Å². The molecular formula is C36H53NO10. The predicted molar refractivity (Wildman–Crippen MR) is 170 cm³/mol. The highest BCUT2D eigenvalue weighted by atomic mass is 16.6. The van der Waals surface area contributed by atoms with Crippen molar-refractivity contribution in [3.05, 3.63) is 35.9 Å². The van der Waals surface area contributed by atoms with Crippen LogP contribution in [0.15, 0.2) is 30.3 Å². The van der Waals surface area contributed by atoms with E-state index < -0.39 is 76.5 Å². The zero-order valence-electron chi connectivity index (χ0n) is 28.5. The first kappa shape index (κ1) is 33.8. The lowest BCUT2D eigenvalue weighted by atomic mass is 9.42. The molecule has 11 nitrogen and oxygen atoms in total. The van der Waals surface area contributed by atoms with Crippen LogP contribution in [0.1, 0.15) is 49.9 Å². The zero-order chi connectivity index (χ0) is 33.5. The quantitative estimate of drug-likeness (QED) is 0.224. The van der Waals surface area contributed by atoms with Gasteiger partial charge in [-0.15, -0.1) is 0 Å². The molecule has 1 aromatic carbocycles. The van der Waals surface area contributed by atoms with Gasteiger partial charge in [0, 0.05) is 82.6 Å². The second kappa shape index (κ2) is 12.0. The normalized spacial score (nSPS) is 49.3. The Morgan fingerprint density at radius 2 is 1.74 bits per heavy atom. The van der Waals surface area contributed by atoms with Crippen molar-refractivity contribution in [1.82, 2.24) is 4.90 Å². The summed E-state index contributed by atoms with van der Waals surface area (Å²) in [5, 5.41) is 37.7. The Kier molecular flexibility index (Phi) is 8.62. The fourth-order valence-corrected chi connectivity index (χ4v) is 12.5. The molecule has 1 heterocycles. The highest BCUT2D eigenvalue weighted by Crippen LogP contribution is 2.80. The number of nitrogens with zero attached hydrogens (tertiary/aromatic N) is 1. The summed E-state index contributed by atoms with van der Waals surface area (Å²) < 4.78 is 38.6. The summed E-state index contributed by atoms with van der Waals surface area (Å²) in [4.78, 5) is 16.3. The molecule has 11 heteroatoms. The molecule has 47 heavy (non-hydrogen) atoms. The van der Waals surface area contributed by atoms with Crippen LogP contribution in [0.25, 0.3) is 0 Å². The van der Waals surface area contributed by atoms with Gasteiger partial charge < -0.3 is 43.7 Å². The SMILES string of the molecule is CCCCO[C@]12[C@H]3[C@@H](OC(=O)c4ccccc4)[C@](O)(C[C@H]3[C@@]34[C@@H](OC)C[C@@H](O)[C@@]5(COC)CN(CC)[C@H]3[C@@H]1[C@H](OC)[C@H]54)[C@@H](OC)[C@@H]2O. The Balaban J connectivity index is 1.51. The molecule has 1 spiro atoms. The second-order valence-electron chi connectivity index (χ2n) is 15.0. The van der Waals surface area contributed by atoms with Crippen LogP contribution in [0.2, 0.25) is 0 Å². The van der Waals surface area contributed by atoms with Gasteiger partial charge in [0.1, 0.15) is 29.5 Å². The maximum atomic E-state index is 13.9. The largest absolute Gasteiger partial charge is 0.455 e. The van der Waals surface area contributed by atoms with Crippen molar-refractivity contribution >= 4 is 5.97 Å². The Morgan fingerprint density at radius 1 is 1.00 bits per heavy atom. The number of benzene rings is 1. The summed E-state index contributed by atoms with van der Waals surface area (Å²) in [6.07, 6.45) is -2.76. The van der Waals surface area contributed by atoms with Gasteiger partial charge in [-0.25, -0.2) is 4.79 Å². The van der Waals surface area contributed by atoms with E-state index in [0.29, 0.717) is 38.3 Å². The number of aliphatic hydroxyl groups excluding tert-OH is 2. The van der Waals surface area contributed by atoms with Gasteiger partial charge in [-0.05, 0) is 37.4 Å². The molecule has 5 saturated carbocycles. The van der Waals surface area contributed by atoms with Gasteiger partial charge in [-0.3, -0.25) is 4.90 Å². The van der Waals surface area contributed by atoms with Crippen molar-refractivity contribution in [3.8, 4) is 0 Å². The van der Waals surface area contributed by atoms with Crippen molar-refractivity contribution in [2.75, 3.05) is 54.7 Å². The van der Waals surface area contributed by atoms with Gasteiger partial charge in [0.25, 0.3) is 0 Å². The number of esters is 1. The van der Waals surface area contributed by atoms with Crippen molar-refractivity contribution < 1.29 is 48.5 Å². The maximum absolute atomic E-state index is 13.9. The van der Waals surface area contributed by atoms with Crippen LogP contribution in [-0.4, -0.2) is 135 Å². The number of fused-ring (bicyclic) bond motifs is 2. The third-order valence-corrected chi connectivity index (χ3v) is 13.7. The first-order chi connectivity index (χ1) is 22.6. The number of aliphatic hydroxyl groups is 3. The summed E-state index contributed by atoms with van der Waals surface area (Å²) in [7, 11) is 6.57. The van der Waals surface area contributed by atoms with E-state index in [2.05, 4.69) is 18.7 Å². The minimum Gasteiger partial charge on any atom is -0.455 e. The minimum absolute atomic E-state index is 0.175. The van der Waals surface area contributed by atoms with Crippen LogP contribution in [0.3, 0.4) is 0 Å². The first-order valence-corrected chi connectivity index (χ1v) is 17.4. The van der Waals surface area contributed by atoms with E-state index >= 15 is 0 Å². The highest BCUT2D eigenvalue weighted by molar-refractivity contribution is 5.89. The predicted octanol–water partition coefficient (Wildman–Crippen LogP) is 1.90. The number of carbonyl (C=O) groups excluding carboxylic acids is 1. The molecule has 5 aliphatic carbocycles. The van der Waals surface area contributed by atoms with E-state index in [1.165, 1.54) is 7.11 Å². The summed E-state index contributed by atoms with van der Waals surface area (Å²) in [6.45, 7) is 6.17. The van der Waals surface area contributed by atoms with Crippen LogP contribution >= 0.6 is 0 Å². The number of hydrogen-bond acceptors (Lipinski definition) is 11. The Morgan fingerprint density at radius 3 is 2.36 bits per heavy atom. The lowest BCUT2D eigenvalue weighted by molar-refractivity contribution is -0.331. The van der Waals surface area contributed by atoms with Crippen LogP contribution < -0.4 is 0 Å². The standard InChI is InChI=1S/C36H53NO10/c1-7-9-15-46-36-24-21(17-34(41,31(45-6)29(36)39)30(24)47-32(40)20-13-11-10-12-14-20)35-23(43-4)16-22(38)33(19-42-3)18-37(8-2)28(35)25(36)26(44-5)27(33)35/h10-14,21-31,38-39,41H,7-9,15-19H2,1-6H3/t21-,22-,23+,24-,25+,26+,27-,28+,29+,30-,31+,33+,34-,35+,36-/m1/s1. The number of piperidine rings is 1. The fourth-order valence-electron chi connectivity index (χ4n) is 12.5. The molecule has 262 valence electrons. The van der Waals surface area contributed by atoms with Gasteiger partial charge in [0.2, 0.25) is 0 Å². The summed E-state index contributed by atoms with van der Waals surface area (Å²) in [5.41, 5.74) is -4.01. The van der Waals surface area contributed by atoms with Crippen molar-refractivity contribution in [3.63, 3.8) is 0 Å². The van der Waals surface area contributed by atoms with E-state index in [4.69, 9.17) is 28.4 Å². The number of hydrogen-bond donors (Lipinski definition) is 3. The molecular weight excluding hydrogens is 606 g/mol. The first-order valence-electron chi connectivity index (χ1n) is 17.4. The molecule has 0 aromatic heterocycles. The Labute approximate surface area is 277 Å². The molecule has 6 fully saturated rings. The molecule has 0 unspecified atom stereocenters. The van der Waals surface area contributed by atoms with Crippen LogP contribution in [0.4, 0.5) is 0 Å². The van der Waals surface area contributed by atoms with Gasteiger partial charge in [0.15, 0.2) is 0 Å². The fraction of sp³-hybridized carbons (Fsp3) is 0.806. The Hall–Kier alpha value is -1.67. The smallest absolute Gasteiger partial charge is 0.338 e. The molecule has 3 N–H and O–H groups in total. The molecule has 0 radical (unpaired) electrons. The molecule has 1 saturated heterocycles. The number of rotatable bonds is 12. The topological polar surface area (TPSA) is 136 Å². The van der Waals surface area contributed by atoms with Gasteiger partial charge in [-0.1, -0.05) is 38.5 Å². The molecule has 0 amide bonds. The molecule has 6 aliphatic rings. The number of carbonyl (C=O) groups is 1. The highest BCUT2D eigenvalue weighted by Gasteiger charge is 2.91. The van der Waals surface area contributed by atoms with Crippen LogP contribution in [-0.2, 0) is 28.4 Å². The number of methoxy groups -OCH3 is 4. The van der Waals surface area contributed by atoms with Crippen molar-refractivity contribution in [2.24, 2.45) is 34.5 Å². The molecule has 7 rings (SSSR count). The van der Waals surface area contributed by atoms with E-state index in [1.807, 2.05) is 6.07 Å². The average Bonchev–Trinajstić information content (AvgIpc) is 3.44. The lowest BCUT2D eigenvalue weighted by Gasteiger charge is -2.70. The number of likely N-dealkylation sites (tertiary alicyclic amines) is 1.